The first-order chi connectivity index (χ1) is 8.40. The van der Waals surface area contributed by atoms with Gasteiger partial charge in [-0.1, -0.05) is 27.7 Å². The van der Waals surface area contributed by atoms with E-state index in [0.29, 0.717) is 11.7 Å². The van der Waals surface area contributed by atoms with E-state index in [1.54, 1.807) is 0 Å². The second-order valence-corrected chi connectivity index (χ2v) is 6.39. The van der Waals surface area contributed by atoms with Crippen molar-refractivity contribution in [2.75, 3.05) is 0 Å². The maximum Gasteiger partial charge on any atom is 0.123 e. The second kappa shape index (κ2) is 4.65. The molecule has 0 radical (unpaired) electrons. The summed E-state index contributed by atoms with van der Waals surface area (Å²) in [6, 6.07) is 7.94. The second-order valence-electron chi connectivity index (χ2n) is 6.39. The molecule has 0 amide bonds. The summed E-state index contributed by atoms with van der Waals surface area (Å²) in [5.74, 6) is 1.73. The van der Waals surface area contributed by atoms with Gasteiger partial charge in [0.15, 0.2) is 0 Å². The van der Waals surface area contributed by atoms with Crippen LogP contribution in [0, 0.1) is 17.2 Å². The Balaban J connectivity index is 2.26. The molecule has 0 bridgehead atoms. The normalized spacial score (nSPS) is 23.1. The third-order valence-electron chi connectivity index (χ3n) is 3.54. The van der Waals surface area contributed by atoms with Gasteiger partial charge in [-0.15, -0.1) is 0 Å². The highest BCUT2D eigenvalue weighted by atomic mass is 16.5. The van der Waals surface area contributed by atoms with Crippen LogP contribution in [0.25, 0.3) is 0 Å². The van der Waals surface area contributed by atoms with Crippen LogP contribution in [0.1, 0.15) is 51.7 Å². The molecule has 1 saturated carbocycles. The molecule has 0 unspecified atom stereocenters. The minimum absolute atomic E-state index is 0.00242. The fourth-order valence-corrected chi connectivity index (χ4v) is 2.39. The first-order valence-electron chi connectivity index (χ1n) is 6.61. The summed E-state index contributed by atoms with van der Waals surface area (Å²) < 4.78 is 6.07. The van der Waals surface area contributed by atoms with Crippen molar-refractivity contribution in [1.82, 2.24) is 0 Å². The van der Waals surface area contributed by atoms with Crippen LogP contribution in [0.2, 0.25) is 0 Å². The molecule has 96 valence electrons. The number of benzene rings is 1. The van der Waals surface area contributed by atoms with Crippen molar-refractivity contribution >= 4 is 0 Å². The van der Waals surface area contributed by atoms with Crippen molar-refractivity contribution in [3.8, 4) is 11.8 Å². The Bertz CT molecular complexity index is 473. The van der Waals surface area contributed by atoms with Gasteiger partial charge < -0.3 is 4.74 Å². The third kappa shape index (κ3) is 2.67. The summed E-state index contributed by atoms with van der Waals surface area (Å²) in [7, 11) is 0. The maximum absolute atomic E-state index is 9.00. The lowest BCUT2D eigenvalue weighted by Gasteiger charge is -2.34. The molecular weight excluding hydrogens is 222 g/mol. The molecule has 1 aromatic rings. The van der Waals surface area contributed by atoms with Crippen molar-refractivity contribution in [2.45, 2.75) is 52.1 Å². The van der Waals surface area contributed by atoms with Gasteiger partial charge >= 0.3 is 0 Å². The van der Waals surface area contributed by atoms with E-state index < -0.39 is 0 Å². The van der Waals surface area contributed by atoms with E-state index in [1.165, 1.54) is 0 Å². The summed E-state index contributed by atoms with van der Waals surface area (Å²) >= 11 is 0. The van der Waals surface area contributed by atoms with Crippen molar-refractivity contribution < 1.29 is 4.74 Å². The van der Waals surface area contributed by atoms with E-state index in [1.807, 2.05) is 18.2 Å². The van der Waals surface area contributed by atoms with Gasteiger partial charge in [0.2, 0.25) is 0 Å². The highest BCUT2D eigenvalue weighted by Gasteiger charge is 2.29. The minimum Gasteiger partial charge on any atom is -0.490 e. The Labute approximate surface area is 110 Å². The van der Waals surface area contributed by atoms with Crippen LogP contribution in [0.3, 0.4) is 0 Å². The van der Waals surface area contributed by atoms with Gasteiger partial charge in [0.05, 0.1) is 17.7 Å². The van der Waals surface area contributed by atoms with E-state index in [2.05, 4.69) is 33.8 Å². The molecule has 0 saturated heterocycles. The van der Waals surface area contributed by atoms with E-state index in [4.69, 9.17) is 10.00 Å². The molecule has 0 heterocycles. The zero-order chi connectivity index (χ0) is 13.3. The van der Waals surface area contributed by atoms with E-state index in [-0.39, 0.29) is 5.41 Å². The maximum atomic E-state index is 9.00. The highest BCUT2D eigenvalue weighted by Crippen LogP contribution is 2.36. The molecule has 1 aromatic carbocycles. The molecule has 0 spiro atoms. The molecule has 2 nitrogen and oxygen atoms in total. The number of hydrogen-bond donors (Lipinski definition) is 0. The largest absolute Gasteiger partial charge is 0.490 e. The van der Waals surface area contributed by atoms with Crippen molar-refractivity contribution in [3.05, 3.63) is 29.3 Å². The quantitative estimate of drug-likeness (QED) is 0.785. The number of rotatable bonds is 2. The molecule has 0 aliphatic heterocycles. The van der Waals surface area contributed by atoms with Crippen molar-refractivity contribution in [1.29, 1.82) is 5.26 Å². The van der Waals surface area contributed by atoms with Gasteiger partial charge in [0.1, 0.15) is 5.75 Å². The van der Waals surface area contributed by atoms with Gasteiger partial charge in [-0.25, -0.2) is 0 Å². The van der Waals surface area contributed by atoms with Crippen LogP contribution in [-0.4, -0.2) is 6.10 Å². The Hall–Kier alpha value is -1.49. The SMILES string of the molecule is CC1CC(Oc2ccc(C#N)cc2C(C)(C)C)C1. The van der Waals surface area contributed by atoms with Crippen LogP contribution in [-0.2, 0) is 5.41 Å². The Morgan fingerprint density at radius 2 is 1.94 bits per heavy atom. The average molecular weight is 243 g/mol. The molecule has 0 atom stereocenters. The Morgan fingerprint density at radius 3 is 2.44 bits per heavy atom. The summed E-state index contributed by atoms with van der Waals surface area (Å²) in [5, 5.41) is 9.00. The molecule has 2 rings (SSSR count). The average Bonchev–Trinajstić information content (AvgIpc) is 2.26. The summed E-state index contributed by atoms with van der Waals surface area (Å²) in [6.45, 7) is 8.71. The number of hydrogen-bond acceptors (Lipinski definition) is 2. The standard InChI is InChI=1S/C16H21NO/c1-11-7-13(8-11)18-15-6-5-12(10-17)9-14(15)16(2,3)4/h5-6,9,11,13H,7-8H2,1-4H3. The lowest BCUT2D eigenvalue weighted by atomic mass is 9.83. The molecular formula is C16H21NO. The number of ether oxygens (including phenoxy) is 1. The summed E-state index contributed by atoms with van der Waals surface area (Å²) in [5.41, 5.74) is 1.83. The molecule has 0 aromatic heterocycles. The van der Waals surface area contributed by atoms with Gasteiger partial charge in [-0.3, -0.25) is 0 Å². The van der Waals surface area contributed by atoms with Crippen LogP contribution >= 0.6 is 0 Å². The Kier molecular flexibility index (Phi) is 3.34. The lowest BCUT2D eigenvalue weighted by Crippen LogP contribution is -2.32. The first kappa shape index (κ1) is 13.0. The van der Waals surface area contributed by atoms with E-state index in [9.17, 15) is 0 Å². The molecule has 1 aliphatic rings. The third-order valence-corrected chi connectivity index (χ3v) is 3.54. The number of nitrogens with zero attached hydrogens (tertiary/aromatic N) is 1. The van der Waals surface area contributed by atoms with Gasteiger partial charge in [0, 0.05) is 5.56 Å². The minimum atomic E-state index is -0.00242. The van der Waals surface area contributed by atoms with Crippen LogP contribution in [0.4, 0.5) is 0 Å². The lowest BCUT2D eigenvalue weighted by molar-refractivity contribution is 0.0721. The van der Waals surface area contributed by atoms with Crippen LogP contribution in [0.15, 0.2) is 18.2 Å². The Morgan fingerprint density at radius 1 is 1.28 bits per heavy atom. The fourth-order valence-electron chi connectivity index (χ4n) is 2.39. The van der Waals surface area contributed by atoms with E-state index in [0.717, 1.165) is 30.1 Å². The van der Waals surface area contributed by atoms with Gasteiger partial charge in [-0.05, 0) is 42.4 Å². The molecule has 18 heavy (non-hydrogen) atoms. The molecule has 0 N–H and O–H groups in total. The van der Waals surface area contributed by atoms with Gasteiger partial charge in [-0.2, -0.15) is 5.26 Å². The first-order valence-corrected chi connectivity index (χ1v) is 6.61. The van der Waals surface area contributed by atoms with Crippen molar-refractivity contribution in [3.63, 3.8) is 0 Å². The fraction of sp³-hybridized carbons (Fsp3) is 0.562. The van der Waals surface area contributed by atoms with Crippen molar-refractivity contribution in [2.24, 2.45) is 5.92 Å². The molecule has 2 heteroatoms. The molecule has 1 aliphatic carbocycles. The predicted octanol–water partition coefficient (Wildman–Crippen LogP) is 4.03. The predicted molar refractivity (Wildman–Crippen MR) is 72.7 cm³/mol. The highest BCUT2D eigenvalue weighted by molar-refractivity contribution is 5.45. The van der Waals surface area contributed by atoms with Crippen LogP contribution in [0.5, 0.6) is 5.75 Å². The summed E-state index contributed by atoms with van der Waals surface area (Å²) in [4.78, 5) is 0. The smallest absolute Gasteiger partial charge is 0.123 e. The number of nitriles is 1. The zero-order valence-electron chi connectivity index (χ0n) is 11.7. The summed E-state index contributed by atoms with van der Waals surface area (Å²) in [6.07, 6.45) is 2.64. The van der Waals surface area contributed by atoms with Crippen LogP contribution < -0.4 is 4.74 Å². The van der Waals surface area contributed by atoms with E-state index >= 15 is 0 Å². The topological polar surface area (TPSA) is 33.0 Å². The van der Waals surface area contributed by atoms with Gasteiger partial charge in [0.25, 0.3) is 0 Å². The monoisotopic (exact) mass is 243 g/mol. The zero-order valence-corrected chi connectivity index (χ0v) is 11.7. The molecule has 1 fully saturated rings.